The van der Waals surface area contributed by atoms with Crippen LogP contribution in [-0.2, 0) is 0 Å². The summed E-state index contributed by atoms with van der Waals surface area (Å²) in [6.07, 6.45) is 3.02. The van der Waals surface area contributed by atoms with E-state index in [0.29, 0.717) is 6.04 Å². The number of nitrogens with one attached hydrogen (secondary N) is 1. The van der Waals surface area contributed by atoms with Gasteiger partial charge in [0.05, 0.1) is 0 Å². The first kappa shape index (κ1) is 7.00. The summed E-state index contributed by atoms with van der Waals surface area (Å²) in [6, 6.07) is 0.581. The van der Waals surface area contributed by atoms with Crippen molar-refractivity contribution in [1.82, 2.24) is 5.32 Å². The van der Waals surface area contributed by atoms with Crippen LogP contribution in [0.2, 0.25) is 0 Å². The predicted octanol–water partition coefficient (Wildman–Crippen LogP) is 1.49. The normalized spacial score (nSPS) is 36.7. The lowest BCUT2D eigenvalue weighted by molar-refractivity contribution is 0.224. The molecule has 0 unspecified atom stereocenters. The predicted molar refractivity (Wildman–Crippen MR) is 36.2 cm³/mol. The molecule has 1 aliphatic carbocycles. The summed E-state index contributed by atoms with van der Waals surface area (Å²) in [6.45, 7) is 0. The largest absolute Gasteiger partial charge is 0.317 e. The van der Waals surface area contributed by atoms with Crippen LogP contribution in [0, 0.1) is 0 Å². The Kier molecular flexibility index (Phi) is 2.46. The highest BCUT2D eigenvalue weighted by Gasteiger charge is 2.18. The second kappa shape index (κ2) is 3.16. The highest BCUT2D eigenvalue weighted by atomic mass is 19.1. The van der Waals surface area contributed by atoms with Gasteiger partial charge in [-0.25, -0.2) is 4.39 Å². The molecule has 1 rings (SSSR count). The van der Waals surface area contributed by atoms with Gasteiger partial charge in [0.1, 0.15) is 6.17 Å². The lowest BCUT2D eigenvalue weighted by atomic mass is 9.94. The number of rotatable bonds is 1. The monoisotopic (exact) mass is 131 g/mol. The van der Waals surface area contributed by atoms with E-state index in [2.05, 4.69) is 5.32 Å². The SMILES string of the molecule is CN[C@H]1CC[C@@H](F)CC1. The van der Waals surface area contributed by atoms with Crippen molar-refractivity contribution in [3.05, 3.63) is 0 Å². The van der Waals surface area contributed by atoms with E-state index in [1.54, 1.807) is 0 Å². The van der Waals surface area contributed by atoms with Gasteiger partial charge in [0.15, 0.2) is 0 Å². The highest BCUT2D eigenvalue weighted by Crippen LogP contribution is 2.20. The first-order valence-electron chi connectivity index (χ1n) is 3.64. The zero-order valence-corrected chi connectivity index (χ0v) is 5.86. The molecule has 0 radical (unpaired) electrons. The van der Waals surface area contributed by atoms with Crippen molar-refractivity contribution in [2.24, 2.45) is 0 Å². The van der Waals surface area contributed by atoms with Crippen LogP contribution in [0.5, 0.6) is 0 Å². The molecule has 0 aromatic rings. The fraction of sp³-hybridized carbons (Fsp3) is 1.00. The zero-order valence-electron chi connectivity index (χ0n) is 5.86. The lowest BCUT2D eigenvalue weighted by Crippen LogP contribution is -2.30. The molecule has 1 N–H and O–H groups in total. The Morgan fingerprint density at radius 2 is 1.78 bits per heavy atom. The van der Waals surface area contributed by atoms with Crippen LogP contribution in [0.3, 0.4) is 0 Å². The standard InChI is InChI=1S/C7H14FN/c1-9-7-4-2-6(8)3-5-7/h6-7,9H,2-5H2,1H3/t6-,7+. The van der Waals surface area contributed by atoms with Gasteiger partial charge in [0.25, 0.3) is 0 Å². The molecule has 54 valence electrons. The summed E-state index contributed by atoms with van der Waals surface area (Å²) >= 11 is 0. The molecule has 1 nitrogen and oxygen atoms in total. The molecule has 0 bridgehead atoms. The first-order valence-corrected chi connectivity index (χ1v) is 3.64. The molecule has 0 atom stereocenters. The Bertz CT molecular complexity index is 77.0. The average molecular weight is 131 g/mol. The van der Waals surface area contributed by atoms with Gasteiger partial charge in [0, 0.05) is 6.04 Å². The molecule has 0 saturated heterocycles. The van der Waals surface area contributed by atoms with Gasteiger partial charge in [0.2, 0.25) is 0 Å². The molecule has 1 fully saturated rings. The summed E-state index contributed by atoms with van der Waals surface area (Å²) < 4.78 is 12.5. The molecule has 1 aliphatic rings. The Morgan fingerprint density at radius 3 is 2.22 bits per heavy atom. The number of halogens is 1. The maximum absolute atomic E-state index is 12.5. The van der Waals surface area contributed by atoms with Crippen LogP contribution in [-0.4, -0.2) is 19.3 Å². The van der Waals surface area contributed by atoms with Crippen LogP contribution < -0.4 is 5.32 Å². The van der Waals surface area contributed by atoms with Crippen molar-refractivity contribution in [2.45, 2.75) is 37.9 Å². The van der Waals surface area contributed by atoms with Crippen molar-refractivity contribution in [3.63, 3.8) is 0 Å². The number of hydrogen-bond acceptors (Lipinski definition) is 1. The Morgan fingerprint density at radius 1 is 1.22 bits per heavy atom. The van der Waals surface area contributed by atoms with Crippen LogP contribution in [0.15, 0.2) is 0 Å². The van der Waals surface area contributed by atoms with Gasteiger partial charge in [-0.15, -0.1) is 0 Å². The van der Waals surface area contributed by atoms with Gasteiger partial charge >= 0.3 is 0 Å². The summed E-state index contributed by atoms with van der Waals surface area (Å²) in [4.78, 5) is 0. The quantitative estimate of drug-likeness (QED) is 0.568. The van der Waals surface area contributed by atoms with E-state index < -0.39 is 6.17 Å². The summed E-state index contributed by atoms with van der Waals surface area (Å²) in [7, 11) is 1.95. The minimum absolute atomic E-state index is 0.519. The third-order valence-corrected chi connectivity index (χ3v) is 2.06. The van der Waals surface area contributed by atoms with E-state index in [4.69, 9.17) is 0 Å². The van der Waals surface area contributed by atoms with Crippen molar-refractivity contribution >= 4 is 0 Å². The maximum Gasteiger partial charge on any atom is 0.100 e. The molecule has 0 amide bonds. The molecule has 0 aromatic carbocycles. The molecule has 0 heterocycles. The van der Waals surface area contributed by atoms with E-state index in [1.807, 2.05) is 7.05 Å². The van der Waals surface area contributed by atoms with Crippen molar-refractivity contribution in [3.8, 4) is 0 Å². The van der Waals surface area contributed by atoms with E-state index >= 15 is 0 Å². The Balaban J connectivity index is 2.18. The molecule has 1 saturated carbocycles. The second-order valence-corrected chi connectivity index (χ2v) is 2.74. The summed E-state index contributed by atoms with van der Waals surface area (Å²) in [5.41, 5.74) is 0. The minimum atomic E-state index is -0.519. The third kappa shape index (κ3) is 1.94. The summed E-state index contributed by atoms with van der Waals surface area (Å²) in [5, 5.41) is 3.16. The molecule has 0 spiro atoms. The van der Waals surface area contributed by atoms with Gasteiger partial charge in [-0.3, -0.25) is 0 Å². The van der Waals surface area contributed by atoms with Gasteiger partial charge < -0.3 is 5.32 Å². The van der Waals surface area contributed by atoms with E-state index in [9.17, 15) is 4.39 Å². The molecule has 0 aliphatic heterocycles. The van der Waals surface area contributed by atoms with Crippen LogP contribution in [0.1, 0.15) is 25.7 Å². The van der Waals surface area contributed by atoms with E-state index in [0.717, 1.165) is 25.7 Å². The zero-order chi connectivity index (χ0) is 6.69. The number of hydrogen-bond donors (Lipinski definition) is 1. The van der Waals surface area contributed by atoms with Gasteiger partial charge in [-0.1, -0.05) is 0 Å². The van der Waals surface area contributed by atoms with Crippen molar-refractivity contribution in [1.29, 1.82) is 0 Å². The smallest absolute Gasteiger partial charge is 0.100 e. The topological polar surface area (TPSA) is 12.0 Å². The van der Waals surface area contributed by atoms with E-state index in [1.165, 1.54) is 0 Å². The number of alkyl halides is 1. The Labute approximate surface area is 55.6 Å². The van der Waals surface area contributed by atoms with Crippen LogP contribution in [0.4, 0.5) is 4.39 Å². The summed E-state index contributed by atoms with van der Waals surface area (Å²) in [5.74, 6) is 0. The first-order chi connectivity index (χ1) is 4.33. The van der Waals surface area contributed by atoms with Crippen molar-refractivity contribution in [2.75, 3.05) is 7.05 Å². The maximum atomic E-state index is 12.5. The molecule has 0 aromatic heterocycles. The highest BCUT2D eigenvalue weighted by molar-refractivity contribution is 4.74. The fourth-order valence-corrected chi connectivity index (χ4v) is 1.34. The molecular formula is C7H14FN. The fourth-order valence-electron chi connectivity index (χ4n) is 1.34. The average Bonchev–Trinajstić information content (AvgIpc) is 1.90. The minimum Gasteiger partial charge on any atom is -0.317 e. The third-order valence-electron chi connectivity index (χ3n) is 2.06. The van der Waals surface area contributed by atoms with E-state index in [-0.39, 0.29) is 0 Å². The van der Waals surface area contributed by atoms with Gasteiger partial charge in [-0.2, -0.15) is 0 Å². The molecule has 2 heteroatoms. The van der Waals surface area contributed by atoms with Gasteiger partial charge in [-0.05, 0) is 32.7 Å². The molecule has 9 heavy (non-hydrogen) atoms. The van der Waals surface area contributed by atoms with Crippen molar-refractivity contribution < 1.29 is 4.39 Å². The van der Waals surface area contributed by atoms with Crippen LogP contribution >= 0.6 is 0 Å². The second-order valence-electron chi connectivity index (χ2n) is 2.74. The molecular weight excluding hydrogens is 117 g/mol. The lowest BCUT2D eigenvalue weighted by Gasteiger charge is -2.23. The van der Waals surface area contributed by atoms with Crippen LogP contribution in [0.25, 0.3) is 0 Å². The Hall–Kier alpha value is -0.110.